The molecule has 1 rings (SSSR count). The van der Waals surface area contributed by atoms with Crippen molar-refractivity contribution in [3.63, 3.8) is 0 Å². The van der Waals surface area contributed by atoms with Crippen molar-refractivity contribution < 1.29 is 4.74 Å². The van der Waals surface area contributed by atoms with Crippen molar-refractivity contribution in [2.75, 3.05) is 13.7 Å². The number of benzene rings is 1. The zero-order chi connectivity index (χ0) is 15.4. The molecule has 0 aliphatic carbocycles. The predicted octanol–water partition coefficient (Wildman–Crippen LogP) is 4.45. The Bertz CT molecular complexity index is 404. The molecule has 2 heteroatoms. The van der Waals surface area contributed by atoms with E-state index in [1.54, 1.807) is 0 Å². The van der Waals surface area contributed by atoms with E-state index in [-0.39, 0.29) is 17.1 Å². The van der Waals surface area contributed by atoms with E-state index < -0.39 is 0 Å². The molecule has 0 radical (unpaired) electrons. The van der Waals surface area contributed by atoms with Gasteiger partial charge in [-0.05, 0) is 43.9 Å². The van der Waals surface area contributed by atoms with Crippen molar-refractivity contribution >= 4 is 0 Å². The molecule has 1 N–H and O–H groups in total. The fourth-order valence-corrected chi connectivity index (χ4v) is 2.72. The van der Waals surface area contributed by atoms with Gasteiger partial charge in [0.05, 0.1) is 11.6 Å². The van der Waals surface area contributed by atoms with Gasteiger partial charge in [-0.2, -0.15) is 0 Å². The summed E-state index contributed by atoms with van der Waals surface area (Å²) in [4.78, 5) is 0. The standard InChI is InChI=1S/C18H31NO/c1-8-18(6,20-9-2)16(19-7)14-10-12-15(13-11-14)17(3,4)5/h10-13,16,19H,8-9H2,1-7H3. The van der Waals surface area contributed by atoms with Crippen molar-refractivity contribution in [2.45, 2.75) is 65.0 Å². The highest BCUT2D eigenvalue weighted by atomic mass is 16.5. The largest absolute Gasteiger partial charge is 0.374 e. The van der Waals surface area contributed by atoms with Crippen LogP contribution in [0.3, 0.4) is 0 Å². The molecule has 0 amide bonds. The van der Waals surface area contributed by atoms with Gasteiger partial charge < -0.3 is 10.1 Å². The van der Waals surface area contributed by atoms with Gasteiger partial charge in [0.1, 0.15) is 0 Å². The molecular weight excluding hydrogens is 246 g/mol. The van der Waals surface area contributed by atoms with E-state index in [9.17, 15) is 0 Å². The van der Waals surface area contributed by atoms with Crippen LogP contribution < -0.4 is 5.32 Å². The lowest BCUT2D eigenvalue weighted by Crippen LogP contribution is -2.42. The van der Waals surface area contributed by atoms with Crippen LogP contribution in [0.5, 0.6) is 0 Å². The van der Waals surface area contributed by atoms with Crippen LogP contribution in [0.1, 0.15) is 65.1 Å². The molecule has 0 bridgehead atoms. The zero-order valence-corrected chi connectivity index (χ0v) is 14.2. The molecule has 0 saturated heterocycles. The molecule has 0 aliphatic heterocycles. The Hall–Kier alpha value is -0.860. The number of nitrogens with one attached hydrogen (secondary N) is 1. The van der Waals surface area contributed by atoms with Crippen LogP contribution in [0.2, 0.25) is 0 Å². The van der Waals surface area contributed by atoms with E-state index in [0.29, 0.717) is 0 Å². The summed E-state index contributed by atoms with van der Waals surface area (Å²) in [7, 11) is 2.01. The van der Waals surface area contributed by atoms with E-state index in [0.717, 1.165) is 13.0 Å². The average Bonchev–Trinajstić information content (AvgIpc) is 2.39. The quantitative estimate of drug-likeness (QED) is 0.829. The normalized spacial score (nSPS) is 16.8. The first-order valence-corrected chi connectivity index (χ1v) is 7.70. The molecule has 20 heavy (non-hydrogen) atoms. The van der Waals surface area contributed by atoms with E-state index in [4.69, 9.17) is 4.74 Å². The maximum absolute atomic E-state index is 6.02. The van der Waals surface area contributed by atoms with Gasteiger partial charge in [-0.3, -0.25) is 0 Å². The Labute approximate surface area is 124 Å². The Balaban J connectivity index is 3.07. The monoisotopic (exact) mass is 277 g/mol. The van der Waals surface area contributed by atoms with Crippen molar-refractivity contribution in [2.24, 2.45) is 0 Å². The van der Waals surface area contributed by atoms with Crippen LogP contribution in [-0.4, -0.2) is 19.3 Å². The van der Waals surface area contributed by atoms with Crippen LogP contribution in [0.4, 0.5) is 0 Å². The van der Waals surface area contributed by atoms with Crippen LogP contribution in [0.15, 0.2) is 24.3 Å². The predicted molar refractivity (Wildman–Crippen MR) is 87.3 cm³/mol. The molecule has 114 valence electrons. The number of hydrogen-bond acceptors (Lipinski definition) is 2. The Morgan fingerprint density at radius 2 is 1.60 bits per heavy atom. The Kier molecular flexibility index (Phi) is 5.79. The first-order chi connectivity index (χ1) is 9.28. The van der Waals surface area contributed by atoms with Gasteiger partial charge in [0.25, 0.3) is 0 Å². The second kappa shape index (κ2) is 6.73. The van der Waals surface area contributed by atoms with Gasteiger partial charge in [-0.15, -0.1) is 0 Å². The minimum Gasteiger partial charge on any atom is -0.374 e. The Morgan fingerprint density at radius 1 is 1.05 bits per heavy atom. The highest BCUT2D eigenvalue weighted by Crippen LogP contribution is 2.33. The number of ether oxygens (including phenoxy) is 1. The van der Waals surface area contributed by atoms with Gasteiger partial charge >= 0.3 is 0 Å². The average molecular weight is 277 g/mol. The summed E-state index contributed by atoms with van der Waals surface area (Å²) in [5.41, 5.74) is 2.68. The lowest BCUT2D eigenvalue weighted by atomic mass is 9.83. The van der Waals surface area contributed by atoms with Crippen LogP contribution in [-0.2, 0) is 10.2 Å². The first-order valence-electron chi connectivity index (χ1n) is 7.70. The summed E-state index contributed by atoms with van der Waals surface area (Å²) >= 11 is 0. The highest BCUT2D eigenvalue weighted by Gasteiger charge is 2.33. The summed E-state index contributed by atoms with van der Waals surface area (Å²) in [6, 6.07) is 9.15. The van der Waals surface area contributed by atoms with Crippen molar-refractivity contribution in [3.8, 4) is 0 Å². The lowest BCUT2D eigenvalue weighted by molar-refractivity contribution is -0.0547. The van der Waals surface area contributed by atoms with E-state index >= 15 is 0 Å². The van der Waals surface area contributed by atoms with Crippen molar-refractivity contribution in [1.29, 1.82) is 0 Å². The molecule has 2 atom stereocenters. The maximum Gasteiger partial charge on any atom is 0.0845 e. The molecule has 1 aromatic rings. The second-order valence-corrected chi connectivity index (χ2v) is 6.69. The molecule has 0 spiro atoms. The summed E-state index contributed by atoms with van der Waals surface area (Å²) in [6.45, 7) is 13.9. The Morgan fingerprint density at radius 3 is 1.95 bits per heavy atom. The van der Waals surface area contributed by atoms with Crippen LogP contribution in [0, 0.1) is 0 Å². The summed E-state index contributed by atoms with van der Waals surface area (Å²) in [5, 5.41) is 3.43. The molecule has 0 aliphatic rings. The molecule has 0 heterocycles. The smallest absolute Gasteiger partial charge is 0.0845 e. The maximum atomic E-state index is 6.02. The highest BCUT2D eigenvalue weighted by molar-refractivity contribution is 5.30. The summed E-state index contributed by atoms with van der Waals surface area (Å²) < 4.78 is 6.02. The van der Waals surface area contributed by atoms with Gasteiger partial charge in [0.15, 0.2) is 0 Å². The number of hydrogen-bond donors (Lipinski definition) is 1. The first kappa shape index (κ1) is 17.2. The minimum atomic E-state index is -0.174. The minimum absolute atomic E-state index is 0.174. The SMILES string of the molecule is CCOC(C)(CC)C(NC)c1ccc(C(C)(C)C)cc1. The number of rotatable bonds is 6. The van der Waals surface area contributed by atoms with E-state index in [1.807, 2.05) is 7.05 Å². The van der Waals surface area contributed by atoms with E-state index in [1.165, 1.54) is 11.1 Å². The van der Waals surface area contributed by atoms with Crippen molar-refractivity contribution in [3.05, 3.63) is 35.4 Å². The molecule has 2 unspecified atom stereocenters. The third-order valence-electron chi connectivity index (χ3n) is 4.19. The van der Waals surface area contributed by atoms with Crippen LogP contribution >= 0.6 is 0 Å². The fraction of sp³-hybridized carbons (Fsp3) is 0.667. The summed E-state index contributed by atoms with van der Waals surface area (Å²) in [5.74, 6) is 0. The third kappa shape index (κ3) is 3.83. The van der Waals surface area contributed by atoms with Crippen molar-refractivity contribution in [1.82, 2.24) is 5.32 Å². The molecule has 0 fully saturated rings. The van der Waals surface area contributed by atoms with Gasteiger partial charge in [0, 0.05) is 6.61 Å². The topological polar surface area (TPSA) is 21.3 Å². The lowest BCUT2D eigenvalue weighted by Gasteiger charge is -2.37. The van der Waals surface area contributed by atoms with Crippen LogP contribution in [0.25, 0.3) is 0 Å². The number of likely N-dealkylation sites (N-methyl/N-ethyl adjacent to an activating group) is 1. The van der Waals surface area contributed by atoms with E-state index in [2.05, 4.69) is 71.1 Å². The summed E-state index contributed by atoms with van der Waals surface area (Å²) in [6.07, 6.45) is 0.980. The van der Waals surface area contributed by atoms with Gasteiger partial charge in [-0.25, -0.2) is 0 Å². The van der Waals surface area contributed by atoms with Gasteiger partial charge in [-0.1, -0.05) is 52.0 Å². The molecule has 0 saturated carbocycles. The molecule has 0 aromatic heterocycles. The fourth-order valence-electron chi connectivity index (χ4n) is 2.72. The molecule has 2 nitrogen and oxygen atoms in total. The molecule has 1 aromatic carbocycles. The second-order valence-electron chi connectivity index (χ2n) is 6.69. The zero-order valence-electron chi connectivity index (χ0n) is 14.2. The van der Waals surface area contributed by atoms with Gasteiger partial charge in [0.2, 0.25) is 0 Å². The molecular formula is C18H31NO. The third-order valence-corrected chi connectivity index (χ3v) is 4.19.